The van der Waals surface area contributed by atoms with Gasteiger partial charge in [-0.25, -0.2) is 0 Å². The lowest BCUT2D eigenvalue weighted by molar-refractivity contribution is -0.150. The first-order valence-electron chi connectivity index (χ1n) is 21.4. The molecule has 2 nitrogen and oxygen atoms in total. The average Bonchev–Trinajstić information content (AvgIpc) is 3.04. The number of carbonyl (C=O) groups is 1. The van der Waals surface area contributed by atoms with Crippen molar-refractivity contribution in [1.82, 2.24) is 0 Å². The predicted octanol–water partition coefficient (Wildman–Crippen LogP) is 15.8. The van der Waals surface area contributed by atoms with E-state index in [9.17, 15) is 4.79 Å². The van der Waals surface area contributed by atoms with Crippen molar-refractivity contribution in [1.29, 1.82) is 0 Å². The van der Waals surface area contributed by atoms with Crippen LogP contribution in [0, 0.1) is 0 Å². The molecule has 0 atom stereocenters. The number of unbranched alkanes of at least 4 members (excludes halogenated alkanes) is 32. The van der Waals surface area contributed by atoms with Crippen molar-refractivity contribution >= 4 is 5.97 Å². The molecule has 0 aromatic heterocycles. The fraction of sp³-hybridized carbons (Fsp3) is 0.977. The lowest BCUT2D eigenvalue weighted by Crippen LogP contribution is -2.18. The van der Waals surface area contributed by atoms with Gasteiger partial charge in [0.1, 0.15) is 6.10 Å². The molecule has 2 heteroatoms. The Morgan fingerprint density at radius 1 is 0.333 bits per heavy atom. The molecule has 0 heterocycles. The van der Waals surface area contributed by atoms with E-state index in [2.05, 4.69) is 20.8 Å². The van der Waals surface area contributed by atoms with E-state index in [0.717, 1.165) is 19.3 Å². The summed E-state index contributed by atoms with van der Waals surface area (Å²) in [4.78, 5) is 12.7. The highest BCUT2D eigenvalue weighted by Gasteiger charge is 2.14. The Balaban J connectivity index is 3.97. The van der Waals surface area contributed by atoms with Crippen molar-refractivity contribution < 1.29 is 9.53 Å². The highest BCUT2D eigenvalue weighted by atomic mass is 16.5. The minimum Gasteiger partial charge on any atom is -0.462 e. The van der Waals surface area contributed by atoms with Gasteiger partial charge in [0.15, 0.2) is 0 Å². The smallest absolute Gasteiger partial charge is 0.306 e. The molecule has 0 fully saturated rings. The standard InChI is InChI=1S/C43H86O2/c1-4-7-10-13-16-19-22-23-24-25-26-29-32-35-38-41-43(44)45-42(39-36-33-30-27-20-17-14-11-8-5-2)40-37-34-31-28-21-18-15-12-9-6-3/h42H,4-41H2,1-3H3. The van der Waals surface area contributed by atoms with E-state index < -0.39 is 0 Å². The molecule has 0 bridgehead atoms. The summed E-state index contributed by atoms with van der Waals surface area (Å²) >= 11 is 0. The van der Waals surface area contributed by atoms with Gasteiger partial charge in [-0.2, -0.15) is 0 Å². The van der Waals surface area contributed by atoms with Crippen LogP contribution in [0.5, 0.6) is 0 Å². The Morgan fingerprint density at radius 2 is 0.556 bits per heavy atom. The maximum absolute atomic E-state index is 12.7. The van der Waals surface area contributed by atoms with E-state index in [1.165, 1.54) is 218 Å². The Labute approximate surface area is 285 Å². The van der Waals surface area contributed by atoms with Crippen molar-refractivity contribution in [2.75, 3.05) is 0 Å². The van der Waals surface area contributed by atoms with Crippen LogP contribution in [-0.2, 0) is 9.53 Å². The molecule has 0 N–H and O–H groups in total. The average molecular weight is 635 g/mol. The number of hydrogen-bond donors (Lipinski definition) is 0. The third-order valence-corrected chi connectivity index (χ3v) is 10.0. The summed E-state index contributed by atoms with van der Waals surface area (Å²) in [5.74, 6) is 0.0776. The molecule has 0 saturated carbocycles. The van der Waals surface area contributed by atoms with Crippen LogP contribution >= 0.6 is 0 Å². The largest absolute Gasteiger partial charge is 0.462 e. The van der Waals surface area contributed by atoms with Crippen molar-refractivity contribution in [2.45, 2.75) is 271 Å². The normalized spacial score (nSPS) is 11.6. The molecule has 0 aliphatic heterocycles. The Hall–Kier alpha value is -0.530. The molecule has 45 heavy (non-hydrogen) atoms. The van der Waals surface area contributed by atoms with Crippen LogP contribution in [0.2, 0.25) is 0 Å². The second-order valence-corrected chi connectivity index (χ2v) is 14.8. The van der Waals surface area contributed by atoms with Crippen LogP contribution < -0.4 is 0 Å². The molecule has 0 spiro atoms. The van der Waals surface area contributed by atoms with Crippen LogP contribution in [-0.4, -0.2) is 12.1 Å². The fourth-order valence-electron chi connectivity index (χ4n) is 6.87. The molecular weight excluding hydrogens is 548 g/mol. The molecule has 0 radical (unpaired) electrons. The monoisotopic (exact) mass is 635 g/mol. The summed E-state index contributed by atoms with van der Waals surface area (Å²) in [6.07, 6.45) is 50.7. The van der Waals surface area contributed by atoms with E-state index >= 15 is 0 Å². The van der Waals surface area contributed by atoms with Crippen LogP contribution in [0.25, 0.3) is 0 Å². The quantitative estimate of drug-likeness (QED) is 0.0497. The van der Waals surface area contributed by atoms with E-state index in [0.29, 0.717) is 6.42 Å². The van der Waals surface area contributed by atoms with Crippen LogP contribution in [0.3, 0.4) is 0 Å². The molecule has 0 unspecified atom stereocenters. The first-order chi connectivity index (χ1) is 22.2. The first kappa shape index (κ1) is 44.5. The summed E-state index contributed by atoms with van der Waals surface area (Å²) in [7, 11) is 0. The second-order valence-electron chi connectivity index (χ2n) is 14.8. The summed E-state index contributed by atoms with van der Waals surface area (Å²) in [6, 6.07) is 0. The third-order valence-electron chi connectivity index (χ3n) is 10.0. The Bertz CT molecular complexity index is 520. The van der Waals surface area contributed by atoms with Gasteiger partial charge in [0.2, 0.25) is 0 Å². The van der Waals surface area contributed by atoms with Gasteiger partial charge < -0.3 is 4.74 Å². The molecule has 0 rings (SSSR count). The van der Waals surface area contributed by atoms with Crippen LogP contribution in [0.4, 0.5) is 0 Å². The maximum Gasteiger partial charge on any atom is 0.306 e. The van der Waals surface area contributed by atoms with Gasteiger partial charge in [0.25, 0.3) is 0 Å². The highest BCUT2D eigenvalue weighted by Crippen LogP contribution is 2.19. The molecule has 0 saturated heterocycles. The van der Waals surface area contributed by atoms with E-state index in [-0.39, 0.29) is 12.1 Å². The zero-order valence-electron chi connectivity index (χ0n) is 31.8. The second kappa shape index (κ2) is 39.6. The summed E-state index contributed by atoms with van der Waals surface area (Å²) in [5.41, 5.74) is 0. The van der Waals surface area contributed by atoms with Crippen molar-refractivity contribution in [3.8, 4) is 0 Å². The lowest BCUT2D eigenvalue weighted by atomic mass is 10.0. The molecule has 0 aliphatic carbocycles. The summed E-state index contributed by atoms with van der Waals surface area (Å²) in [6.45, 7) is 6.88. The Kier molecular flexibility index (Phi) is 39.2. The van der Waals surface area contributed by atoms with Crippen molar-refractivity contribution in [3.05, 3.63) is 0 Å². The third kappa shape index (κ3) is 37.8. The Morgan fingerprint density at radius 3 is 0.822 bits per heavy atom. The zero-order chi connectivity index (χ0) is 32.7. The molecule has 0 amide bonds. The van der Waals surface area contributed by atoms with Crippen molar-refractivity contribution in [2.24, 2.45) is 0 Å². The number of carbonyl (C=O) groups excluding carboxylic acids is 1. The number of ether oxygens (including phenoxy) is 1. The minimum absolute atomic E-state index is 0.0776. The van der Waals surface area contributed by atoms with Gasteiger partial charge in [-0.1, -0.05) is 226 Å². The van der Waals surface area contributed by atoms with Crippen LogP contribution in [0.1, 0.15) is 265 Å². The molecule has 0 aromatic carbocycles. The van der Waals surface area contributed by atoms with Gasteiger partial charge >= 0.3 is 5.97 Å². The number of esters is 1. The van der Waals surface area contributed by atoms with Gasteiger partial charge in [0, 0.05) is 6.42 Å². The van der Waals surface area contributed by atoms with Crippen LogP contribution in [0.15, 0.2) is 0 Å². The SMILES string of the molecule is CCCCCCCCCCCCCCCCCC(=O)OC(CCCCCCCCCCCC)CCCCCCCCCCCC. The lowest BCUT2D eigenvalue weighted by Gasteiger charge is -2.18. The molecule has 270 valence electrons. The zero-order valence-corrected chi connectivity index (χ0v) is 31.8. The summed E-state index contributed by atoms with van der Waals surface area (Å²) in [5, 5.41) is 0. The van der Waals surface area contributed by atoms with Gasteiger partial charge in [-0.15, -0.1) is 0 Å². The maximum atomic E-state index is 12.7. The number of hydrogen-bond acceptors (Lipinski definition) is 2. The molecular formula is C43H86O2. The van der Waals surface area contributed by atoms with E-state index in [1.54, 1.807) is 0 Å². The van der Waals surface area contributed by atoms with E-state index in [4.69, 9.17) is 4.74 Å². The summed E-state index contributed by atoms with van der Waals surface area (Å²) < 4.78 is 6.10. The molecule has 0 aliphatic rings. The van der Waals surface area contributed by atoms with E-state index in [1.807, 2.05) is 0 Å². The highest BCUT2D eigenvalue weighted by molar-refractivity contribution is 5.69. The number of rotatable bonds is 39. The van der Waals surface area contributed by atoms with Gasteiger partial charge in [0.05, 0.1) is 0 Å². The van der Waals surface area contributed by atoms with Gasteiger partial charge in [-0.3, -0.25) is 4.79 Å². The first-order valence-corrected chi connectivity index (χ1v) is 21.4. The predicted molar refractivity (Wildman–Crippen MR) is 202 cm³/mol. The molecule has 0 aromatic rings. The van der Waals surface area contributed by atoms with Crippen molar-refractivity contribution in [3.63, 3.8) is 0 Å². The fourth-order valence-corrected chi connectivity index (χ4v) is 6.87. The minimum atomic E-state index is 0.0776. The topological polar surface area (TPSA) is 26.3 Å². The van der Waals surface area contributed by atoms with Gasteiger partial charge in [-0.05, 0) is 32.1 Å².